The van der Waals surface area contributed by atoms with Crippen LogP contribution in [-0.2, 0) is 6.54 Å². The highest BCUT2D eigenvalue weighted by molar-refractivity contribution is 6.30. The number of hydrogen-bond donors (Lipinski definition) is 2. The number of ether oxygens (including phenoxy) is 1. The number of nitrogens with one attached hydrogen (secondary N) is 2. The van der Waals surface area contributed by atoms with E-state index in [1.165, 1.54) is 0 Å². The third kappa shape index (κ3) is 4.54. The van der Waals surface area contributed by atoms with Crippen LogP contribution < -0.4 is 15.4 Å². The Labute approximate surface area is 109 Å². The van der Waals surface area contributed by atoms with Crippen molar-refractivity contribution in [2.24, 2.45) is 0 Å². The lowest BCUT2D eigenvalue weighted by molar-refractivity contribution is 0.404. The molecule has 1 rings (SSSR count). The number of hydrogen-bond acceptors (Lipinski definition) is 3. The van der Waals surface area contributed by atoms with E-state index >= 15 is 0 Å². The summed E-state index contributed by atoms with van der Waals surface area (Å²) in [4.78, 5) is 0. The molecule has 0 aromatic heterocycles. The average molecular weight is 257 g/mol. The minimum absolute atomic E-state index is 0.756. The zero-order chi connectivity index (χ0) is 12.7. The lowest BCUT2D eigenvalue weighted by Gasteiger charge is -2.13. The van der Waals surface area contributed by atoms with Crippen molar-refractivity contribution >= 4 is 11.6 Å². The van der Waals surface area contributed by atoms with Crippen LogP contribution in [0.4, 0.5) is 0 Å². The van der Waals surface area contributed by atoms with Crippen molar-refractivity contribution in [2.45, 2.75) is 20.4 Å². The van der Waals surface area contributed by atoms with Gasteiger partial charge >= 0.3 is 0 Å². The van der Waals surface area contributed by atoms with E-state index in [0.717, 1.165) is 48.1 Å². The summed E-state index contributed by atoms with van der Waals surface area (Å²) in [7, 11) is 1.69. The molecule has 96 valence electrons. The van der Waals surface area contributed by atoms with E-state index in [9.17, 15) is 0 Å². The van der Waals surface area contributed by atoms with Crippen LogP contribution >= 0.6 is 11.6 Å². The van der Waals surface area contributed by atoms with E-state index < -0.39 is 0 Å². The van der Waals surface area contributed by atoms with Gasteiger partial charge in [-0.2, -0.15) is 0 Å². The van der Waals surface area contributed by atoms with Crippen molar-refractivity contribution < 1.29 is 4.74 Å². The van der Waals surface area contributed by atoms with E-state index in [1.54, 1.807) is 7.11 Å². The zero-order valence-corrected chi connectivity index (χ0v) is 11.5. The Balaban J connectivity index is 2.57. The molecule has 17 heavy (non-hydrogen) atoms. The number of halogens is 1. The second kappa shape index (κ2) is 7.54. The summed E-state index contributed by atoms with van der Waals surface area (Å²) in [6.45, 7) is 7.79. The van der Waals surface area contributed by atoms with Crippen molar-refractivity contribution in [1.82, 2.24) is 10.6 Å². The second-order valence-electron chi connectivity index (χ2n) is 3.95. The van der Waals surface area contributed by atoms with Gasteiger partial charge in [0.2, 0.25) is 0 Å². The van der Waals surface area contributed by atoms with Crippen LogP contribution in [0.1, 0.15) is 18.1 Å². The second-order valence-corrected chi connectivity index (χ2v) is 4.38. The van der Waals surface area contributed by atoms with Crippen LogP contribution in [0.25, 0.3) is 0 Å². The van der Waals surface area contributed by atoms with Gasteiger partial charge in [0.15, 0.2) is 0 Å². The molecular weight excluding hydrogens is 236 g/mol. The minimum Gasteiger partial charge on any atom is -0.496 e. The van der Waals surface area contributed by atoms with Gasteiger partial charge in [0, 0.05) is 30.2 Å². The van der Waals surface area contributed by atoms with E-state index in [1.807, 2.05) is 19.1 Å². The topological polar surface area (TPSA) is 33.3 Å². The van der Waals surface area contributed by atoms with Gasteiger partial charge in [0.1, 0.15) is 5.75 Å². The molecule has 0 spiro atoms. The Morgan fingerprint density at radius 2 is 1.94 bits per heavy atom. The van der Waals surface area contributed by atoms with Gasteiger partial charge in [-0.3, -0.25) is 0 Å². The molecule has 1 aromatic carbocycles. The molecule has 0 aliphatic heterocycles. The standard InChI is InChI=1S/C13H21ClN2O/c1-4-15-5-6-16-9-11-8-12(14)7-10(2)13(11)17-3/h7-8,15-16H,4-6,9H2,1-3H3. The number of aryl methyl sites for hydroxylation is 1. The first-order valence-corrected chi connectivity index (χ1v) is 6.31. The maximum atomic E-state index is 6.05. The molecule has 0 amide bonds. The van der Waals surface area contributed by atoms with Crippen LogP contribution in [0.15, 0.2) is 12.1 Å². The largest absolute Gasteiger partial charge is 0.496 e. The fourth-order valence-corrected chi connectivity index (χ4v) is 2.09. The Hall–Kier alpha value is -0.770. The molecule has 0 bridgehead atoms. The highest BCUT2D eigenvalue weighted by atomic mass is 35.5. The first-order valence-electron chi connectivity index (χ1n) is 5.93. The van der Waals surface area contributed by atoms with Gasteiger partial charge in [-0.05, 0) is 31.2 Å². The highest BCUT2D eigenvalue weighted by Gasteiger charge is 2.07. The molecule has 3 nitrogen and oxygen atoms in total. The van der Waals surface area contributed by atoms with Crippen LogP contribution in [0.3, 0.4) is 0 Å². The highest BCUT2D eigenvalue weighted by Crippen LogP contribution is 2.27. The summed E-state index contributed by atoms with van der Waals surface area (Å²) in [5, 5.41) is 7.39. The average Bonchev–Trinajstić information content (AvgIpc) is 2.28. The molecule has 0 aliphatic rings. The molecule has 0 unspecified atom stereocenters. The predicted molar refractivity (Wildman–Crippen MR) is 73.0 cm³/mol. The van der Waals surface area contributed by atoms with Gasteiger partial charge in [0.05, 0.1) is 7.11 Å². The molecule has 0 heterocycles. The molecule has 4 heteroatoms. The van der Waals surface area contributed by atoms with Crippen molar-refractivity contribution in [2.75, 3.05) is 26.7 Å². The molecule has 0 radical (unpaired) electrons. The Morgan fingerprint density at radius 1 is 1.24 bits per heavy atom. The van der Waals surface area contributed by atoms with E-state index in [4.69, 9.17) is 16.3 Å². The Kier molecular flexibility index (Phi) is 6.34. The first kappa shape index (κ1) is 14.3. The molecular formula is C13H21ClN2O. The lowest BCUT2D eigenvalue weighted by Crippen LogP contribution is -2.26. The van der Waals surface area contributed by atoms with Crippen LogP contribution in [0.5, 0.6) is 5.75 Å². The third-order valence-electron chi connectivity index (χ3n) is 2.56. The summed E-state index contributed by atoms with van der Waals surface area (Å²) in [6, 6.07) is 3.87. The number of methoxy groups -OCH3 is 1. The summed E-state index contributed by atoms with van der Waals surface area (Å²) in [5.74, 6) is 0.922. The summed E-state index contributed by atoms with van der Waals surface area (Å²) in [6.07, 6.45) is 0. The van der Waals surface area contributed by atoms with Crippen molar-refractivity contribution in [3.05, 3.63) is 28.3 Å². The van der Waals surface area contributed by atoms with Crippen LogP contribution in [0.2, 0.25) is 5.02 Å². The first-order chi connectivity index (χ1) is 8.19. The molecule has 1 aromatic rings. The molecule has 0 fully saturated rings. The molecule has 2 N–H and O–H groups in total. The lowest BCUT2D eigenvalue weighted by atomic mass is 10.1. The molecule has 0 aliphatic carbocycles. The van der Waals surface area contributed by atoms with Crippen LogP contribution in [-0.4, -0.2) is 26.7 Å². The number of rotatable bonds is 7. The van der Waals surface area contributed by atoms with Gasteiger partial charge in [0.25, 0.3) is 0 Å². The summed E-state index contributed by atoms with van der Waals surface area (Å²) >= 11 is 6.05. The van der Waals surface area contributed by atoms with Gasteiger partial charge in [-0.25, -0.2) is 0 Å². The normalized spacial score (nSPS) is 10.6. The number of likely N-dealkylation sites (N-methyl/N-ethyl adjacent to an activating group) is 1. The minimum atomic E-state index is 0.756. The summed E-state index contributed by atoms with van der Waals surface area (Å²) < 4.78 is 5.40. The fraction of sp³-hybridized carbons (Fsp3) is 0.538. The van der Waals surface area contributed by atoms with E-state index in [-0.39, 0.29) is 0 Å². The Morgan fingerprint density at radius 3 is 2.59 bits per heavy atom. The summed E-state index contributed by atoms with van der Waals surface area (Å²) in [5.41, 5.74) is 2.18. The van der Waals surface area contributed by atoms with Gasteiger partial charge < -0.3 is 15.4 Å². The molecule has 0 saturated heterocycles. The maximum Gasteiger partial charge on any atom is 0.126 e. The monoisotopic (exact) mass is 256 g/mol. The third-order valence-corrected chi connectivity index (χ3v) is 2.78. The van der Waals surface area contributed by atoms with Gasteiger partial charge in [-0.15, -0.1) is 0 Å². The van der Waals surface area contributed by atoms with E-state index in [2.05, 4.69) is 17.6 Å². The zero-order valence-electron chi connectivity index (χ0n) is 10.8. The van der Waals surface area contributed by atoms with Crippen molar-refractivity contribution in [3.63, 3.8) is 0 Å². The molecule has 0 saturated carbocycles. The Bertz CT molecular complexity index is 356. The SMILES string of the molecule is CCNCCNCc1cc(Cl)cc(C)c1OC. The van der Waals surface area contributed by atoms with E-state index in [0.29, 0.717) is 0 Å². The molecule has 0 atom stereocenters. The quantitative estimate of drug-likeness (QED) is 0.735. The maximum absolute atomic E-state index is 6.05. The fourth-order valence-electron chi connectivity index (χ4n) is 1.80. The predicted octanol–water partition coefficient (Wildman–Crippen LogP) is 2.36. The van der Waals surface area contributed by atoms with Crippen molar-refractivity contribution in [3.8, 4) is 5.75 Å². The number of benzene rings is 1. The van der Waals surface area contributed by atoms with Crippen molar-refractivity contribution in [1.29, 1.82) is 0 Å². The van der Waals surface area contributed by atoms with Crippen LogP contribution in [0, 0.1) is 6.92 Å². The smallest absolute Gasteiger partial charge is 0.126 e. The van der Waals surface area contributed by atoms with Gasteiger partial charge in [-0.1, -0.05) is 18.5 Å².